The van der Waals surface area contributed by atoms with Gasteiger partial charge >= 0.3 is 0 Å². The number of aromatic nitrogens is 2. The number of para-hydroxylation sites is 2. The number of sulfone groups is 1. The van der Waals surface area contributed by atoms with Crippen LogP contribution in [0.2, 0.25) is 0 Å². The first kappa shape index (κ1) is 21.0. The SMILES string of the molecule is CN1C(=O)[C@@H](N2CCc3cn(CC4CCS(=O)(=O)CC4)nc3C2=O)COc2ccccc21. The molecule has 0 radical (unpaired) electrons. The number of carbonyl (C=O) groups is 2. The topological polar surface area (TPSA) is 102 Å². The van der Waals surface area contributed by atoms with E-state index in [-0.39, 0.29) is 35.8 Å². The summed E-state index contributed by atoms with van der Waals surface area (Å²) in [6, 6.07) is 6.62. The largest absolute Gasteiger partial charge is 0.489 e. The van der Waals surface area contributed by atoms with Crippen molar-refractivity contribution in [3.8, 4) is 5.75 Å². The summed E-state index contributed by atoms with van der Waals surface area (Å²) in [5.74, 6) is 0.827. The summed E-state index contributed by atoms with van der Waals surface area (Å²) in [6.45, 7) is 1.11. The van der Waals surface area contributed by atoms with E-state index in [4.69, 9.17) is 4.74 Å². The predicted molar refractivity (Wildman–Crippen MR) is 117 cm³/mol. The molecule has 0 aliphatic carbocycles. The van der Waals surface area contributed by atoms with Crippen LogP contribution in [0.15, 0.2) is 30.5 Å². The van der Waals surface area contributed by atoms with Crippen LogP contribution in [0.3, 0.4) is 0 Å². The maximum atomic E-state index is 13.3. The number of ether oxygens (including phenoxy) is 1. The number of hydrogen-bond acceptors (Lipinski definition) is 6. The minimum atomic E-state index is -2.91. The maximum absolute atomic E-state index is 13.3. The van der Waals surface area contributed by atoms with Gasteiger partial charge in [0.2, 0.25) is 0 Å². The van der Waals surface area contributed by atoms with Crippen molar-refractivity contribution in [1.82, 2.24) is 14.7 Å². The van der Waals surface area contributed by atoms with Gasteiger partial charge in [-0.2, -0.15) is 5.10 Å². The molecule has 0 spiro atoms. The Morgan fingerprint density at radius 1 is 1.16 bits per heavy atom. The van der Waals surface area contributed by atoms with E-state index in [1.165, 1.54) is 0 Å². The van der Waals surface area contributed by atoms with Crippen molar-refractivity contribution in [2.24, 2.45) is 5.92 Å². The van der Waals surface area contributed by atoms with E-state index in [2.05, 4.69) is 5.10 Å². The highest BCUT2D eigenvalue weighted by Gasteiger charge is 2.40. The molecule has 1 atom stereocenters. The monoisotopic (exact) mass is 458 g/mol. The number of benzene rings is 1. The maximum Gasteiger partial charge on any atom is 0.275 e. The van der Waals surface area contributed by atoms with Gasteiger partial charge in [0.1, 0.15) is 28.2 Å². The Morgan fingerprint density at radius 2 is 1.91 bits per heavy atom. The molecule has 1 fully saturated rings. The Labute approximate surface area is 186 Å². The number of likely N-dealkylation sites (N-methyl/N-ethyl adjacent to an activating group) is 1. The quantitative estimate of drug-likeness (QED) is 0.683. The highest BCUT2D eigenvalue weighted by molar-refractivity contribution is 7.91. The number of anilines is 1. The van der Waals surface area contributed by atoms with E-state index in [1.54, 1.807) is 21.5 Å². The van der Waals surface area contributed by atoms with Crippen molar-refractivity contribution in [2.75, 3.05) is 36.6 Å². The van der Waals surface area contributed by atoms with Crippen molar-refractivity contribution >= 4 is 27.3 Å². The molecule has 32 heavy (non-hydrogen) atoms. The van der Waals surface area contributed by atoms with Crippen molar-refractivity contribution in [3.63, 3.8) is 0 Å². The fourth-order valence-electron chi connectivity index (χ4n) is 4.74. The first-order valence-electron chi connectivity index (χ1n) is 10.9. The molecule has 10 heteroatoms. The van der Waals surface area contributed by atoms with E-state index < -0.39 is 15.9 Å². The van der Waals surface area contributed by atoms with Crippen molar-refractivity contribution in [1.29, 1.82) is 0 Å². The van der Waals surface area contributed by atoms with Gasteiger partial charge < -0.3 is 14.5 Å². The Morgan fingerprint density at radius 3 is 2.69 bits per heavy atom. The summed E-state index contributed by atoms with van der Waals surface area (Å²) in [5, 5.41) is 4.52. The molecule has 0 N–H and O–H groups in total. The number of hydrogen-bond donors (Lipinski definition) is 0. The summed E-state index contributed by atoms with van der Waals surface area (Å²) in [6.07, 6.45) is 3.74. The molecule has 170 valence electrons. The van der Waals surface area contributed by atoms with Gasteiger partial charge in [-0.25, -0.2) is 8.42 Å². The van der Waals surface area contributed by atoms with Crippen LogP contribution in [0, 0.1) is 5.92 Å². The Balaban J connectivity index is 1.32. The van der Waals surface area contributed by atoms with Crippen LogP contribution in [0.4, 0.5) is 5.69 Å². The molecule has 9 nitrogen and oxygen atoms in total. The molecule has 4 heterocycles. The van der Waals surface area contributed by atoms with E-state index in [1.807, 2.05) is 30.5 Å². The predicted octanol–water partition coefficient (Wildman–Crippen LogP) is 1.13. The first-order chi connectivity index (χ1) is 15.3. The molecule has 0 saturated carbocycles. The Kier molecular flexibility index (Phi) is 5.19. The summed E-state index contributed by atoms with van der Waals surface area (Å²) < 4.78 is 31.0. The van der Waals surface area contributed by atoms with Gasteiger partial charge in [-0.15, -0.1) is 0 Å². The molecule has 5 rings (SSSR count). The average molecular weight is 459 g/mol. The van der Waals surface area contributed by atoms with Crippen LogP contribution >= 0.6 is 0 Å². The third-order valence-corrected chi connectivity index (χ3v) is 8.37. The molecule has 0 unspecified atom stereocenters. The molecule has 2 amide bonds. The zero-order chi connectivity index (χ0) is 22.5. The molecule has 1 aromatic heterocycles. The van der Waals surface area contributed by atoms with Crippen LogP contribution in [0.5, 0.6) is 5.75 Å². The second-order valence-electron chi connectivity index (χ2n) is 8.76. The number of fused-ring (bicyclic) bond motifs is 2. The smallest absolute Gasteiger partial charge is 0.275 e. The van der Waals surface area contributed by atoms with Crippen molar-refractivity contribution in [3.05, 3.63) is 41.7 Å². The van der Waals surface area contributed by atoms with Gasteiger partial charge in [-0.05, 0) is 37.3 Å². The highest BCUT2D eigenvalue weighted by atomic mass is 32.2. The van der Waals surface area contributed by atoms with E-state index >= 15 is 0 Å². The zero-order valence-corrected chi connectivity index (χ0v) is 18.8. The fraction of sp³-hybridized carbons (Fsp3) is 0.500. The van der Waals surface area contributed by atoms with Crippen LogP contribution in [-0.4, -0.2) is 72.7 Å². The molecule has 0 bridgehead atoms. The van der Waals surface area contributed by atoms with E-state index in [0.717, 1.165) is 5.56 Å². The van der Waals surface area contributed by atoms with Crippen LogP contribution < -0.4 is 9.64 Å². The summed E-state index contributed by atoms with van der Waals surface area (Å²) in [4.78, 5) is 29.6. The fourth-order valence-corrected chi connectivity index (χ4v) is 6.33. The van der Waals surface area contributed by atoms with Gasteiger partial charge in [0.25, 0.3) is 11.8 Å². The minimum Gasteiger partial charge on any atom is -0.489 e. The molecule has 3 aliphatic rings. The standard InChI is InChI=1S/C22H26N4O5S/c1-24-17-4-2-3-5-19(17)31-14-18(21(24)27)26-9-6-16-13-25(23-20(16)22(26)28)12-15-7-10-32(29,30)11-8-15/h2-5,13,15,18H,6-12,14H2,1H3/t18-/m0/s1. The summed E-state index contributed by atoms with van der Waals surface area (Å²) >= 11 is 0. The number of amides is 2. The lowest BCUT2D eigenvalue weighted by molar-refractivity contribution is -0.123. The molecule has 2 aromatic rings. The van der Waals surface area contributed by atoms with Gasteiger partial charge in [0, 0.05) is 31.9 Å². The second-order valence-corrected chi connectivity index (χ2v) is 11.1. The minimum absolute atomic E-state index is 0.0958. The number of carbonyl (C=O) groups excluding carboxylic acids is 2. The van der Waals surface area contributed by atoms with E-state index in [0.29, 0.717) is 49.5 Å². The second kappa shape index (κ2) is 7.91. The molecular formula is C22H26N4O5S. The number of nitrogens with zero attached hydrogens (tertiary/aromatic N) is 4. The van der Waals surface area contributed by atoms with Crippen LogP contribution in [-0.2, 0) is 27.6 Å². The van der Waals surface area contributed by atoms with Crippen LogP contribution in [0.1, 0.15) is 28.9 Å². The van der Waals surface area contributed by atoms with Crippen LogP contribution in [0.25, 0.3) is 0 Å². The van der Waals surface area contributed by atoms with Gasteiger partial charge in [-0.3, -0.25) is 14.3 Å². The van der Waals surface area contributed by atoms with Gasteiger partial charge in [0.15, 0.2) is 5.69 Å². The third-order valence-electron chi connectivity index (χ3n) is 6.66. The summed E-state index contributed by atoms with van der Waals surface area (Å²) in [5.41, 5.74) is 1.93. The lowest BCUT2D eigenvalue weighted by atomic mass is 10.0. The number of rotatable bonds is 3. The summed E-state index contributed by atoms with van der Waals surface area (Å²) in [7, 11) is -1.21. The molecule has 3 aliphatic heterocycles. The lowest BCUT2D eigenvalue weighted by Crippen LogP contribution is -2.54. The average Bonchev–Trinajstić information content (AvgIpc) is 3.14. The van der Waals surface area contributed by atoms with Crippen molar-refractivity contribution in [2.45, 2.75) is 31.8 Å². The Hall–Kier alpha value is -2.88. The first-order valence-corrected chi connectivity index (χ1v) is 12.7. The zero-order valence-electron chi connectivity index (χ0n) is 17.9. The lowest BCUT2D eigenvalue weighted by Gasteiger charge is -2.33. The molecule has 1 aromatic carbocycles. The Bertz CT molecular complexity index is 1160. The van der Waals surface area contributed by atoms with E-state index in [9.17, 15) is 18.0 Å². The molecular weight excluding hydrogens is 432 g/mol. The highest BCUT2D eigenvalue weighted by Crippen LogP contribution is 2.32. The van der Waals surface area contributed by atoms with Gasteiger partial charge in [0.05, 0.1) is 17.2 Å². The third kappa shape index (κ3) is 3.76. The normalized spacial score (nSPS) is 23.3. The van der Waals surface area contributed by atoms with Crippen molar-refractivity contribution < 1.29 is 22.7 Å². The molecule has 1 saturated heterocycles. The van der Waals surface area contributed by atoms with Gasteiger partial charge in [-0.1, -0.05) is 12.1 Å².